The first-order valence-corrected chi connectivity index (χ1v) is 9.57. The molecule has 0 radical (unpaired) electrons. The molecule has 3 unspecified atom stereocenters. The highest BCUT2D eigenvalue weighted by Crippen LogP contribution is 2.24. The molecule has 0 fully saturated rings. The van der Waals surface area contributed by atoms with E-state index in [0.717, 1.165) is 5.56 Å². The van der Waals surface area contributed by atoms with Gasteiger partial charge in [0.1, 0.15) is 6.04 Å². The van der Waals surface area contributed by atoms with Gasteiger partial charge < -0.3 is 16.0 Å². The second-order valence-electron chi connectivity index (χ2n) is 6.61. The van der Waals surface area contributed by atoms with E-state index in [2.05, 4.69) is 10.6 Å². The zero-order valence-electron chi connectivity index (χ0n) is 16.2. The Morgan fingerprint density at radius 3 is 2.24 bits per heavy atom. The highest BCUT2D eigenvalue weighted by Gasteiger charge is 2.38. The first-order valence-electron chi connectivity index (χ1n) is 9.14. The minimum Gasteiger partial charge on any atom is -0.350 e. The number of nitrogens with one attached hydrogen (secondary N) is 3. The highest BCUT2D eigenvalue weighted by atomic mass is 35.5. The normalized spacial score (nSPS) is 14.4. The van der Waals surface area contributed by atoms with Crippen LogP contribution in [0.1, 0.15) is 44.1 Å². The van der Waals surface area contributed by atoms with Gasteiger partial charge in [0, 0.05) is 19.5 Å². The molecule has 29 heavy (non-hydrogen) atoms. The molecule has 3 atom stereocenters. The third-order valence-electron chi connectivity index (χ3n) is 4.08. The summed E-state index contributed by atoms with van der Waals surface area (Å²) in [5.74, 6) is -2.85. The lowest BCUT2D eigenvalue weighted by atomic mass is 10.0. The van der Waals surface area contributed by atoms with Crippen LogP contribution < -0.4 is 16.0 Å². The summed E-state index contributed by atoms with van der Waals surface area (Å²) in [6.45, 7) is 2.82. The predicted molar refractivity (Wildman–Crippen MR) is 103 cm³/mol. The topological polar surface area (TPSA) is 87.3 Å². The van der Waals surface area contributed by atoms with Gasteiger partial charge in [0.15, 0.2) is 0 Å². The van der Waals surface area contributed by atoms with E-state index in [4.69, 9.17) is 11.6 Å². The van der Waals surface area contributed by atoms with Gasteiger partial charge in [-0.05, 0) is 31.7 Å². The maximum absolute atomic E-state index is 12.5. The van der Waals surface area contributed by atoms with Gasteiger partial charge in [0.05, 0.1) is 5.38 Å². The van der Waals surface area contributed by atoms with Crippen LogP contribution in [0.5, 0.6) is 0 Å². The molecule has 0 heterocycles. The lowest BCUT2D eigenvalue weighted by Crippen LogP contribution is -2.49. The Bertz CT molecular complexity index is 686. The molecule has 1 rings (SSSR count). The van der Waals surface area contributed by atoms with Crippen molar-refractivity contribution >= 4 is 29.3 Å². The third-order valence-corrected chi connectivity index (χ3v) is 4.71. The molecular formula is C19H25ClF3N3O3. The van der Waals surface area contributed by atoms with Crippen LogP contribution in [0, 0.1) is 0 Å². The molecule has 162 valence electrons. The van der Waals surface area contributed by atoms with Gasteiger partial charge in [-0.15, -0.1) is 11.6 Å². The van der Waals surface area contributed by atoms with E-state index in [1.54, 1.807) is 12.2 Å². The minimum atomic E-state index is -4.93. The van der Waals surface area contributed by atoms with E-state index >= 15 is 0 Å². The number of carbonyl (C=O) groups excluding carboxylic acids is 3. The lowest BCUT2D eigenvalue weighted by Gasteiger charge is -2.24. The third kappa shape index (κ3) is 9.17. The number of hydrogen-bond acceptors (Lipinski definition) is 3. The smallest absolute Gasteiger partial charge is 0.350 e. The van der Waals surface area contributed by atoms with Gasteiger partial charge in [-0.3, -0.25) is 14.4 Å². The van der Waals surface area contributed by atoms with Crippen molar-refractivity contribution in [2.24, 2.45) is 0 Å². The number of amides is 3. The molecule has 3 amide bonds. The second-order valence-corrected chi connectivity index (χ2v) is 7.08. The molecule has 0 saturated carbocycles. The number of carbonyl (C=O) groups is 3. The van der Waals surface area contributed by atoms with Crippen molar-refractivity contribution in [2.45, 2.75) is 56.7 Å². The fraction of sp³-hybridized carbons (Fsp3) is 0.526. The molecule has 0 aliphatic heterocycles. The predicted octanol–water partition coefficient (Wildman–Crippen LogP) is 2.82. The van der Waals surface area contributed by atoms with Crippen LogP contribution in [-0.2, 0) is 14.4 Å². The van der Waals surface area contributed by atoms with Gasteiger partial charge in [0.2, 0.25) is 11.8 Å². The largest absolute Gasteiger partial charge is 0.471 e. The molecule has 3 N–H and O–H groups in total. The average Bonchev–Trinajstić information content (AvgIpc) is 2.65. The Balaban J connectivity index is 2.53. The number of alkyl halides is 4. The Morgan fingerprint density at radius 1 is 1.07 bits per heavy atom. The van der Waals surface area contributed by atoms with Crippen molar-refractivity contribution in [3.05, 3.63) is 35.9 Å². The van der Waals surface area contributed by atoms with Crippen LogP contribution in [-0.4, -0.2) is 42.5 Å². The van der Waals surface area contributed by atoms with Crippen LogP contribution in [0.3, 0.4) is 0 Å². The Kier molecular flexibility index (Phi) is 9.94. The van der Waals surface area contributed by atoms with Crippen LogP contribution in [0.2, 0.25) is 0 Å². The van der Waals surface area contributed by atoms with Crippen LogP contribution in [0.4, 0.5) is 13.2 Å². The standard InChI is InChI=1S/C19H25ClF3N3O3/c1-12(16(20)14-8-4-3-5-9-14)25-17(28)15(26-13(2)27)10-6-7-11-24-18(29)19(21,22)23/h3-5,8-9,12,15-16H,6-7,10-11H2,1-2H3,(H,24,29)(H,25,28)(H,26,27). The fourth-order valence-electron chi connectivity index (χ4n) is 2.61. The van der Waals surface area contributed by atoms with Crippen molar-refractivity contribution in [3.8, 4) is 0 Å². The first kappa shape index (κ1) is 24.7. The van der Waals surface area contributed by atoms with Crippen molar-refractivity contribution in [1.29, 1.82) is 0 Å². The molecule has 6 nitrogen and oxygen atoms in total. The van der Waals surface area contributed by atoms with Gasteiger partial charge in [-0.2, -0.15) is 13.2 Å². The van der Waals surface area contributed by atoms with Crippen molar-refractivity contribution in [3.63, 3.8) is 0 Å². The average molecular weight is 436 g/mol. The lowest BCUT2D eigenvalue weighted by molar-refractivity contribution is -0.173. The number of hydrogen-bond donors (Lipinski definition) is 3. The van der Waals surface area contributed by atoms with Crippen LogP contribution in [0.25, 0.3) is 0 Å². The summed E-state index contributed by atoms with van der Waals surface area (Å²) in [4.78, 5) is 34.7. The van der Waals surface area contributed by atoms with Gasteiger partial charge in [-0.25, -0.2) is 0 Å². The summed E-state index contributed by atoms with van der Waals surface area (Å²) in [6.07, 6.45) is -4.17. The molecule has 1 aromatic carbocycles. The summed E-state index contributed by atoms with van der Waals surface area (Å²) < 4.78 is 36.4. The molecule has 0 aliphatic rings. The van der Waals surface area contributed by atoms with E-state index in [-0.39, 0.29) is 19.4 Å². The number of benzene rings is 1. The quantitative estimate of drug-likeness (QED) is 0.390. The van der Waals surface area contributed by atoms with Crippen LogP contribution >= 0.6 is 11.6 Å². The summed E-state index contributed by atoms with van der Waals surface area (Å²) >= 11 is 6.39. The molecule has 1 aromatic rings. The Morgan fingerprint density at radius 2 is 1.69 bits per heavy atom. The zero-order chi connectivity index (χ0) is 22.0. The van der Waals surface area contributed by atoms with E-state index < -0.39 is 41.4 Å². The highest BCUT2D eigenvalue weighted by molar-refractivity contribution is 6.21. The molecule has 10 heteroatoms. The molecule has 0 aliphatic carbocycles. The summed E-state index contributed by atoms with van der Waals surface area (Å²) in [5, 5.41) is 6.57. The Labute approximate surface area is 172 Å². The van der Waals surface area contributed by atoms with E-state index in [9.17, 15) is 27.6 Å². The maximum atomic E-state index is 12.5. The van der Waals surface area contributed by atoms with Gasteiger partial charge >= 0.3 is 12.1 Å². The number of rotatable bonds is 10. The minimum absolute atomic E-state index is 0.180. The van der Waals surface area contributed by atoms with Crippen molar-refractivity contribution in [2.75, 3.05) is 6.54 Å². The molecular weight excluding hydrogens is 411 g/mol. The zero-order valence-corrected chi connectivity index (χ0v) is 16.9. The first-order chi connectivity index (χ1) is 13.5. The summed E-state index contributed by atoms with van der Waals surface area (Å²) in [6, 6.07) is 7.90. The van der Waals surface area contributed by atoms with E-state index in [1.165, 1.54) is 6.92 Å². The molecule has 0 spiro atoms. The van der Waals surface area contributed by atoms with Gasteiger partial charge in [-0.1, -0.05) is 30.3 Å². The Hall–Kier alpha value is -2.29. The molecule has 0 bridgehead atoms. The van der Waals surface area contributed by atoms with Crippen LogP contribution in [0.15, 0.2) is 30.3 Å². The summed E-state index contributed by atoms with van der Waals surface area (Å²) in [7, 11) is 0. The second kappa shape index (κ2) is 11.6. The molecule has 0 saturated heterocycles. The number of halogens is 4. The summed E-state index contributed by atoms with van der Waals surface area (Å²) in [5.41, 5.74) is 0.832. The van der Waals surface area contributed by atoms with E-state index in [0.29, 0.717) is 6.42 Å². The van der Waals surface area contributed by atoms with Crippen molar-refractivity contribution < 1.29 is 27.6 Å². The SMILES string of the molecule is CC(=O)NC(CCCCNC(=O)C(F)(F)F)C(=O)NC(C)C(Cl)c1ccccc1. The van der Waals surface area contributed by atoms with Gasteiger partial charge in [0.25, 0.3) is 0 Å². The fourth-order valence-corrected chi connectivity index (χ4v) is 2.82. The molecule has 0 aromatic heterocycles. The maximum Gasteiger partial charge on any atom is 0.471 e. The monoisotopic (exact) mass is 435 g/mol. The van der Waals surface area contributed by atoms with E-state index in [1.807, 2.05) is 30.3 Å². The number of unbranched alkanes of at least 4 members (excludes halogenated alkanes) is 1. The van der Waals surface area contributed by atoms with Crippen molar-refractivity contribution in [1.82, 2.24) is 16.0 Å².